The van der Waals surface area contributed by atoms with Crippen LogP contribution in [0.25, 0.3) is 0 Å². The van der Waals surface area contributed by atoms with Crippen LogP contribution in [0.2, 0.25) is 15.1 Å². The molecule has 1 saturated carbocycles. The second kappa shape index (κ2) is 10.6. The lowest BCUT2D eigenvalue weighted by molar-refractivity contribution is 0.284. The lowest BCUT2D eigenvalue weighted by atomic mass is 10.1. The number of benzene rings is 2. The average molecular weight is 443 g/mol. The van der Waals surface area contributed by atoms with Gasteiger partial charge in [0.15, 0.2) is 11.5 Å². The quantitative estimate of drug-likeness (QED) is 0.466. The topological polar surface area (TPSA) is 30.5 Å². The van der Waals surface area contributed by atoms with Crippen molar-refractivity contribution in [2.45, 2.75) is 57.7 Å². The van der Waals surface area contributed by atoms with Crippen molar-refractivity contribution in [3.8, 4) is 11.5 Å². The lowest BCUT2D eigenvalue weighted by Crippen LogP contribution is -2.28. The first-order valence-corrected chi connectivity index (χ1v) is 10.9. The largest absolute Gasteiger partial charge is 0.493 e. The summed E-state index contributed by atoms with van der Waals surface area (Å²) in [5.41, 5.74) is 1.86. The van der Waals surface area contributed by atoms with Crippen LogP contribution in [-0.2, 0) is 13.2 Å². The van der Waals surface area contributed by atoms with Gasteiger partial charge in [-0.05, 0) is 36.6 Å². The number of hydrogen-bond donors (Lipinski definition) is 1. The molecule has 2 aromatic carbocycles. The van der Waals surface area contributed by atoms with Gasteiger partial charge >= 0.3 is 0 Å². The van der Waals surface area contributed by atoms with Gasteiger partial charge < -0.3 is 14.8 Å². The average Bonchev–Trinajstić information content (AvgIpc) is 2.95. The van der Waals surface area contributed by atoms with Crippen LogP contribution in [0, 0.1) is 0 Å². The third-order valence-electron chi connectivity index (χ3n) is 5.17. The van der Waals surface area contributed by atoms with E-state index in [1.807, 2.05) is 18.2 Å². The van der Waals surface area contributed by atoms with Crippen LogP contribution in [0.4, 0.5) is 0 Å². The van der Waals surface area contributed by atoms with Crippen molar-refractivity contribution >= 4 is 34.8 Å². The molecule has 2 aromatic rings. The van der Waals surface area contributed by atoms with E-state index in [4.69, 9.17) is 44.3 Å². The molecule has 0 bridgehead atoms. The molecule has 0 radical (unpaired) electrons. The minimum absolute atomic E-state index is 0.308. The molecule has 0 heterocycles. The fourth-order valence-corrected chi connectivity index (χ4v) is 4.20. The van der Waals surface area contributed by atoms with Crippen molar-refractivity contribution in [3.05, 3.63) is 56.5 Å². The second-order valence-electron chi connectivity index (χ2n) is 7.19. The number of rotatable bonds is 7. The summed E-state index contributed by atoms with van der Waals surface area (Å²) in [6, 6.07) is 9.67. The fourth-order valence-electron chi connectivity index (χ4n) is 3.52. The molecule has 152 valence electrons. The van der Waals surface area contributed by atoms with Crippen LogP contribution in [0.15, 0.2) is 30.3 Å². The molecule has 28 heavy (non-hydrogen) atoms. The van der Waals surface area contributed by atoms with E-state index >= 15 is 0 Å². The molecule has 0 unspecified atom stereocenters. The van der Waals surface area contributed by atoms with Gasteiger partial charge in [-0.1, -0.05) is 66.6 Å². The van der Waals surface area contributed by atoms with Crippen LogP contribution in [0.1, 0.15) is 49.7 Å². The Morgan fingerprint density at radius 1 is 0.893 bits per heavy atom. The SMILES string of the molecule is COc1cc(CNC2CCCCCC2)c(Cl)cc1OCc1ccc(Cl)cc1Cl. The second-order valence-corrected chi connectivity index (χ2v) is 8.44. The summed E-state index contributed by atoms with van der Waals surface area (Å²) in [7, 11) is 1.63. The summed E-state index contributed by atoms with van der Waals surface area (Å²) < 4.78 is 11.4. The molecule has 0 aliphatic heterocycles. The van der Waals surface area contributed by atoms with Crippen LogP contribution in [0.5, 0.6) is 11.5 Å². The van der Waals surface area contributed by atoms with E-state index < -0.39 is 0 Å². The van der Waals surface area contributed by atoms with Gasteiger partial charge in [0.25, 0.3) is 0 Å². The highest BCUT2D eigenvalue weighted by Crippen LogP contribution is 2.34. The Kier molecular flexibility index (Phi) is 8.16. The first-order chi connectivity index (χ1) is 13.6. The first-order valence-electron chi connectivity index (χ1n) is 9.73. The van der Waals surface area contributed by atoms with E-state index in [-0.39, 0.29) is 0 Å². The Morgan fingerprint density at radius 2 is 1.61 bits per heavy atom. The molecular formula is C22H26Cl3NO2. The van der Waals surface area contributed by atoms with Gasteiger partial charge in [0.2, 0.25) is 0 Å². The number of methoxy groups -OCH3 is 1. The molecule has 0 aromatic heterocycles. The van der Waals surface area contributed by atoms with Crippen LogP contribution >= 0.6 is 34.8 Å². The van der Waals surface area contributed by atoms with Gasteiger partial charge in [0.1, 0.15) is 6.61 Å². The zero-order chi connectivity index (χ0) is 19.9. The molecule has 0 saturated heterocycles. The van der Waals surface area contributed by atoms with E-state index in [1.165, 1.54) is 38.5 Å². The van der Waals surface area contributed by atoms with Crippen molar-refractivity contribution in [2.24, 2.45) is 0 Å². The molecule has 0 amide bonds. The third-order valence-corrected chi connectivity index (χ3v) is 6.11. The maximum absolute atomic E-state index is 6.52. The molecule has 3 nitrogen and oxygen atoms in total. The Hall–Kier alpha value is -1.13. The van der Waals surface area contributed by atoms with Crippen molar-refractivity contribution in [3.63, 3.8) is 0 Å². The molecule has 0 atom stereocenters. The number of nitrogens with one attached hydrogen (secondary N) is 1. The normalized spacial score (nSPS) is 15.3. The molecule has 1 aliphatic carbocycles. The van der Waals surface area contributed by atoms with Gasteiger partial charge in [-0.3, -0.25) is 0 Å². The highest BCUT2D eigenvalue weighted by Gasteiger charge is 2.15. The van der Waals surface area contributed by atoms with E-state index in [0.717, 1.165) is 17.7 Å². The molecule has 1 aliphatic rings. The summed E-state index contributed by atoms with van der Waals surface area (Å²) in [5, 5.41) is 5.48. The maximum atomic E-state index is 6.52. The Labute approximate surface area is 182 Å². The molecule has 1 fully saturated rings. The van der Waals surface area contributed by atoms with Gasteiger partial charge in [-0.2, -0.15) is 0 Å². The zero-order valence-electron chi connectivity index (χ0n) is 16.1. The Balaban J connectivity index is 1.66. The van der Waals surface area contributed by atoms with Crippen molar-refractivity contribution in [1.82, 2.24) is 5.32 Å². The van der Waals surface area contributed by atoms with E-state index in [9.17, 15) is 0 Å². The van der Waals surface area contributed by atoms with E-state index in [0.29, 0.717) is 39.2 Å². The molecule has 3 rings (SSSR count). The first kappa shape index (κ1) is 21.6. The number of hydrogen-bond acceptors (Lipinski definition) is 3. The summed E-state index contributed by atoms with van der Waals surface area (Å²) in [5.74, 6) is 1.25. The number of halogens is 3. The molecule has 1 N–H and O–H groups in total. The molecule has 6 heteroatoms. The van der Waals surface area contributed by atoms with Crippen molar-refractivity contribution < 1.29 is 9.47 Å². The zero-order valence-corrected chi connectivity index (χ0v) is 18.3. The predicted molar refractivity (Wildman–Crippen MR) is 117 cm³/mol. The summed E-state index contributed by atoms with van der Waals surface area (Å²) in [6.45, 7) is 1.03. The monoisotopic (exact) mass is 441 g/mol. The van der Waals surface area contributed by atoms with Gasteiger partial charge in [0, 0.05) is 39.3 Å². The highest BCUT2D eigenvalue weighted by atomic mass is 35.5. The predicted octanol–water partition coefficient (Wildman–Crippen LogP) is 7.05. The Morgan fingerprint density at radius 3 is 2.29 bits per heavy atom. The summed E-state index contributed by atoms with van der Waals surface area (Å²) in [4.78, 5) is 0. The van der Waals surface area contributed by atoms with E-state index in [2.05, 4.69) is 5.32 Å². The van der Waals surface area contributed by atoms with Gasteiger partial charge in [0.05, 0.1) is 7.11 Å². The minimum atomic E-state index is 0.308. The van der Waals surface area contributed by atoms with Crippen molar-refractivity contribution in [2.75, 3.05) is 7.11 Å². The van der Waals surface area contributed by atoms with Crippen LogP contribution in [-0.4, -0.2) is 13.2 Å². The lowest BCUT2D eigenvalue weighted by Gasteiger charge is -2.18. The fraction of sp³-hybridized carbons (Fsp3) is 0.455. The van der Waals surface area contributed by atoms with Gasteiger partial charge in [-0.15, -0.1) is 0 Å². The minimum Gasteiger partial charge on any atom is -0.493 e. The smallest absolute Gasteiger partial charge is 0.163 e. The summed E-state index contributed by atoms with van der Waals surface area (Å²) >= 11 is 18.7. The third kappa shape index (κ3) is 5.93. The molecular weight excluding hydrogens is 417 g/mol. The standard InChI is InChI=1S/C22H26Cl3NO2/c1-27-21-10-16(13-26-18-6-4-2-3-5-7-18)20(25)12-22(21)28-14-15-8-9-17(23)11-19(15)24/h8-12,18,26H,2-7,13-14H2,1H3. The van der Waals surface area contributed by atoms with Crippen LogP contribution in [0.3, 0.4) is 0 Å². The van der Waals surface area contributed by atoms with Crippen LogP contribution < -0.4 is 14.8 Å². The van der Waals surface area contributed by atoms with E-state index in [1.54, 1.807) is 19.2 Å². The number of ether oxygens (including phenoxy) is 2. The maximum Gasteiger partial charge on any atom is 0.163 e. The summed E-state index contributed by atoms with van der Waals surface area (Å²) in [6.07, 6.45) is 7.76. The molecule has 0 spiro atoms. The van der Waals surface area contributed by atoms with Crippen molar-refractivity contribution in [1.29, 1.82) is 0 Å². The highest BCUT2D eigenvalue weighted by molar-refractivity contribution is 6.35. The van der Waals surface area contributed by atoms with Gasteiger partial charge in [-0.25, -0.2) is 0 Å². The Bertz CT molecular complexity index is 790.